The standard InChI is InChI=1S/C15H21O4P/c1-5-14(6-2)19-20(16,18-12-13(3)17-4)15-10-8-7-9-11-15/h1,7-11,13-14H,6,12H2,2-4H3. The van der Waals surface area contributed by atoms with E-state index in [2.05, 4.69) is 5.92 Å². The van der Waals surface area contributed by atoms with E-state index in [-0.39, 0.29) is 12.7 Å². The molecule has 0 saturated heterocycles. The summed E-state index contributed by atoms with van der Waals surface area (Å²) < 4.78 is 29.1. The molecule has 0 aliphatic carbocycles. The van der Waals surface area contributed by atoms with E-state index in [0.29, 0.717) is 11.7 Å². The van der Waals surface area contributed by atoms with Gasteiger partial charge in [-0.25, -0.2) is 0 Å². The van der Waals surface area contributed by atoms with Crippen LogP contribution in [0.15, 0.2) is 30.3 Å². The van der Waals surface area contributed by atoms with Crippen LogP contribution >= 0.6 is 7.60 Å². The van der Waals surface area contributed by atoms with Gasteiger partial charge in [0.05, 0.1) is 18.0 Å². The summed E-state index contributed by atoms with van der Waals surface area (Å²) in [6.07, 6.45) is 5.22. The number of ether oxygens (including phenoxy) is 1. The van der Waals surface area contributed by atoms with Crippen LogP contribution < -0.4 is 5.30 Å². The summed E-state index contributed by atoms with van der Waals surface area (Å²) in [6.45, 7) is 3.87. The molecule has 0 aliphatic heterocycles. The lowest BCUT2D eigenvalue weighted by molar-refractivity contribution is 0.0619. The highest BCUT2D eigenvalue weighted by Crippen LogP contribution is 2.48. The summed E-state index contributed by atoms with van der Waals surface area (Å²) in [7, 11) is -1.88. The Labute approximate surface area is 121 Å². The van der Waals surface area contributed by atoms with Crippen molar-refractivity contribution in [1.82, 2.24) is 0 Å². The van der Waals surface area contributed by atoms with E-state index in [1.165, 1.54) is 0 Å². The maximum Gasteiger partial charge on any atom is 0.362 e. The van der Waals surface area contributed by atoms with Crippen molar-refractivity contribution < 1.29 is 18.3 Å². The topological polar surface area (TPSA) is 44.8 Å². The van der Waals surface area contributed by atoms with Crippen LogP contribution in [0.25, 0.3) is 0 Å². The van der Waals surface area contributed by atoms with Gasteiger partial charge in [-0.05, 0) is 25.5 Å². The fourth-order valence-corrected chi connectivity index (χ4v) is 3.26. The molecule has 3 atom stereocenters. The Kier molecular flexibility index (Phi) is 6.98. The number of benzene rings is 1. The van der Waals surface area contributed by atoms with Crippen molar-refractivity contribution in [3.8, 4) is 12.3 Å². The van der Waals surface area contributed by atoms with E-state index in [1.807, 2.05) is 19.9 Å². The fraction of sp³-hybridized carbons (Fsp3) is 0.467. The third kappa shape index (κ3) is 4.77. The van der Waals surface area contributed by atoms with Gasteiger partial charge in [0.15, 0.2) is 0 Å². The normalized spacial score (nSPS) is 16.9. The highest BCUT2D eigenvalue weighted by molar-refractivity contribution is 7.62. The molecule has 1 aromatic carbocycles. The first-order chi connectivity index (χ1) is 9.55. The molecular formula is C15H21O4P. The van der Waals surface area contributed by atoms with Crippen molar-refractivity contribution in [2.45, 2.75) is 32.5 Å². The molecule has 1 rings (SSSR count). The van der Waals surface area contributed by atoms with Gasteiger partial charge in [-0.3, -0.25) is 9.09 Å². The second kappa shape index (κ2) is 8.24. The largest absolute Gasteiger partial charge is 0.379 e. The molecule has 0 fully saturated rings. The van der Waals surface area contributed by atoms with Gasteiger partial charge >= 0.3 is 7.60 Å². The van der Waals surface area contributed by atoms with Gasteiger partial charge < -0.3 is 9.26 Å². The van der Waals surface area contributed by atoms with Crippen molar-refractivity contribution in [2.24, 2.45) is 0 Å². The molecule has 0 radical (unpaired) electrons. The predicted octanol–water partition coefficient (Wildman–Crippen LogP) is 2.98. The molecule has 110 valence electrons. The van der Waals surface area contributed by atoms with Crippen LogP contribution in [0.3, 0.4) is 0 Å². The number of methoxy groups -OCH3 is 1. The Balaban J connectivity index is 2.95. The molecule has 0 saturated carbocycles. The molecule has 0 spiro atoms. The minimum absolute atomic E-state index is 0.170. The zero-order chi connectivity index (χ0) is 15.0. The van der Waals surface area contributed by atoms with Gasteiger partial charge in [-0.2, -0.15) is 0 Å². The number of rotatable bonds is 8. The minimum Gasteiger partial charge on any atom is -0.379 e. The van der Waals surface area contributed by atoms with Crippen LogP contribution in [0, 0.1) is 12.3 Å². The number of hydrogen-bond acceptors (Lipinski definition) is 4. The van der Waals surface area contributed by atoms with E-state index < -0.39 is 13.7 Å². The first kappa shape index (κ1) is 16.9. The number of hydrogen-bond donors (Lipinski definition) is 0. The minimum atomic E-state index is -3.45. The maximum atomic E-state index is 13.0. The van der Waals surface area contributed by atoms with Gasteiger partial charge in [-0.15, -0.1) is 6.42 Å². The highest BCUT2D eigenvalue weighted by Gasteiger charge is 2.30. The second-order valence-electron chi connectivity index (χ2n) is 4.34. The molecular weight excluding hydrogens is 275 g/mol. The predicted molar refractivity (Wildman–Crippen MR) is 80.1 cm³/mol. The average molecular weight is 296 g/mol. The Hall–Kier alpha value is -1.11. The lowest BCUT2D eigenvalue weighted by Crippen LogP contribution is -2.20. The Morgan fingerprint density at radius 2 is 2.00 bits per heavy atom. The summed E-state index contributed by atoms with van der Waals surface area (Å²) >= 11 is 0. The van der Waals surface area contributed by atoms with Crippen molar-refractivity contribution in [2.75, 3.05) is 13.7 Å². The second-order valence-corrected chi connectivity index (χ2v) is 6.32. The summed E-state index contributed by atoms with van der Waals surface area (Å²) in [5.74, 6) is 2.47. The van der Waals surface area contributed by atoms with E-state index in [9.17, 15) is 4.57 Å². The van der Waals surface area contributed by atoms with Crippen LogP contribution in [0.4, 0.5) is 0 Å². The Bertz CT molecular complexity index is 480. The molecule has 3 unspecified atom stereocenters. The van der Waals surface area contributed by atoms with Crippen molar-refractivity contribution in [1.29, 1.82) is 0 Å². The lowest BCUT2D eigenvalue weighted by Gasteiger charge is -2.23. The van der Waals surface area contributed by atoms with Gasteiger partial charge in [0.25, 0.3) is 0 Å². The first-order valence-electron chi connectivity index (χ1n) is 6.53. The molecule has 0 amide bonds. The van der Waals surface area contributed by atoms with E-state index in [1.54, 1.807) is 31.4 Å². The quantitative estimate of drug-likeness (QED) is 0.546. The van der Waals surface area contributed by atoms with Crippen molar-refractivity contribution >= 4 is 12.9 Å². The van der Waals surface area contributed by atoms with Crippen LogP contribution in [0.5, 0.6) is 0 Å². The first-order valence-corrected chi connectivity index (χ1v) is 8.07. The van der Waals surface area contributed by atoms with Gasteiger partial charge in [0.2, 0.25) is 0 Å². The third-order valence-electron chi connectivity index (χ3n) is 2.78. The SMILES string of the molecule is C#CC(CC)OP(=O)(OCC(C)OC)c1ccccc1. The van der Waals surface area contributed by atoms with Crippen molar-refractivity contribution in [3.05, 3.63) is 30.3 Å². The van der Waals surface area contributed by atoms with Crippen LogP contribution in [-0.2, 0) is 18.3 Å². The maximum absolute atomic E-state index is 13.0. The fourth-order valence-electron chi connectivity index (χ4n) is 1.44. The third-order valence-corrected chi connectivity index (χ3v) is 4.73. The zero-order valence-electron chi connectivity index (χ0n) is 12.1. The smallest absolute Gasteiger partial charge is 0.362 e. The summed E-state index contributed by atoms with van der Waals surface area (Å²) in [5.41, 5.74) is 0. The lowest BCUT2D eigenvalue weighted by atomic mass is 10.3. The van der Waals surface area contributed by atoms with Crippen molar-refractivity contribution in [3.63, 3.8) is 0 Å². The molecule has 0 N–H and O–H groups in total. The van der Waals surface area contributed by atoms with Gasteiger partial charge in [-0.1, -0.05) is 31.0 Å². The van der Waals surface area contributed by atoms with Gasteiger partial charge in [0.1, 0.15) is 6.10 Å². The van der Waals surface area contributed by atoms with Crippen LogP contribution in [-0.4, -0.2) is 25.9 Å². The highest BCUT2D eigenvalue weighted by atomic mass is 31.2. The average Bonchev–Trinajstić information content (AvgIpc) is 2.51. The van der Waals surface area contributed by atoms with E-state index in [4.69, 9.17) is 20.2 Å². The zero-order valence-corrected chi connectivity index (χ0v) is 13.0. The molecule has 0 heterocycles. The van der Waals surface area contributed by atoms with Crippen LogP contribution in [0.2, 0.25) is 0 Å². The van der Waals surface area contributed by atoms with Crippen LogP contribution in [0.1, 0.15) is 20.3 Å². The molecule has 1 aromatic rings. The van der Waals surface area contributed by atoms with Gasteiger partial charge in [0, 0.05) is 7.11 Å². The monoisotopic (exact) mass is 296 g/mol. The Morgan fingerprint density at radius 3 is 2.50 bits per heavy atom. The summed E-state index contributed by atoms with van der Waals surface area (Å²) in [6, 6.07) is 8.82. The molecule has 0 aromatic heterocycles. The van der Waals surface area contributed by atoms with E-state index >= 15 is 0 Å². The summed E-state index contributed by atoms with van der Waals surface area (Å²) in [5, 5.41) is 0.497. The number of terminal acetylenes is 1. The molecule has 4 nitrogen and oxygen atoms in total. The Morgan fingerprint density at radius 1 is 1.35 bits per heavy atom. The molecule has 0 aliphatic rings. The molecule has 5 heteroatoms. The van der Waals surface area contributed by atoms with E-state index in [0.717, 1.165) is 0 Å². The summed E-state index contributed by atoms with van der Waals surface area (Å²) in [4.78, 5) is 0. The molecule has 0 bridgehead atoms. The molecule has 20 heavy (non-hydrogen) atoms.